The van der Waals surface area contributed by atoms with Crippen molar-refractivity contribution < 1.29 is 14.3 Å². The van der Waals surface area contributed by atoms with E-state index in [4.69, 9.17) is 10.5 Å². The maximum Gasteiger partial charge on any atom is 0.331 e. The number of primary amides is 1. The van der Waals surface area contributed by atoms with Crippen LogP contribution in [0.25, 0.3) is 0 Å². The van der Waals surface area contributed by atoms with Gasteiger partial charge in [0.1, 0.15) is 0 Å². The molecule has 4 nitrogen and oxygen atoms in total. The summed E-state index contributed by atoms with van der Waals surface area (Å²) in [7, 11) is 0. The molecule has 0 spiro atoms. The fourth-order valence-electron chi connectivity index (χ4n) is 3.05. The monoisotopic (exact) mass is 325 g/mol. The fraction of sp³-hybridized carbons (Fsp3) is 0.789. The van der Waals surface area contributed by atoms with E-state index >= 15 is 0 Å². The highest BCUT2D eigenvalue weighted by Crippen LogP contribution is 2.32. The summed E-state index contributed by atoms with van der Waals surface area (Å²) in [5.74, 6) is -1.21. The minimum atomic E-state index is -1.21. The van der Waals surface area contributed by atoms with Gasteiger partial charge in [0, 0.05) is 12.0 Å². The Hall–Kier alpha value is -1.32. The second-order valence-electron chi connectivity index (χ2n) is 6.44. The van der Waals surface area contributed by atoms with Crippen molar-refractivity contribution in [3.8, 4) is 0 Å². The normalized spacial score (nSPS) is 14.7. The van der Waals surface area contributed by atoms with E-state index in [9.17, 15) is 9.59 Å². The number of rotatable bonds is 14. The Kier molecular flexibility index (Phi) is 11.4. The van der Waals surface area contributed by atoms with Crippen LogP contribution >= 0.6 is 0 Å². The van der Waals surface area contributed by atoms with E-state index in [1.807, 2.05) is 13.8 Å². The molecule has 0 radical (unpaired) electrons. The molecule has 0 aromatic rings. The molecule has 4 heteroatoms. The van der Waals surface area contributed by atoms with Gasteiger partial charge in [-0.25, -0.2) is 4.79 Å². The maximum absolute atomic E-state index is 12.0. The molecule has 0 aliphatic carbocycles. The number of esters is 1. The lowest BCUT2D eigenvalue weighted by atomic mass is 9.80. The molecule has 2 N–H and O–H groups in total. The predicted molar refractivity (Wildman–Crippen MR) is 94.9 cm³/mol. The number of carbonyl (C=O) groups excluding carboxylic acids is 2. The predicted octanol–water partition coefficient (Wildman–Crippen LogP) is 4.52. The Bertz CT molecular complexity index is 368. The number of hydrogen-bond acceptors (Lipinski definition) is 3. The zero-order chi connectivity index (χ0) is 17.7. The Balaban J connectivity index is 4.55. The minimum Gasteiger partial charge on any atom is -0.446 e. The zero-order valence-electron chi connectivity index (χ0n) is 15.2. The molecule has 0 aromatic heterocycles. The SMILES string of the molecule is C=CC(=O)OC(CCC)(C(N)=O)C(C)CCCCCCCCC. The Morgan fingerprint density at radius 1 is 1.09 bits per heavy atom. The first-order valence-electron chi connectivity index (χ1n) is 9.09. The van der Waals surface area contributed by atoms with Gasteiger partial charge in [-0.3, -0.25) is 4.79 Å². The molecule has 0 saturated carbocycles. The summed E-state index contributed by atoms with van der Waals surface area (Å²) in [6, 6.07) is 0. The van der Waals surface area contributed by atoms with Crippen molar-refractivity contribution in [1.82, 2.24) is 0 Å². The molecule has 23 heavy (non-hydrogen) atoms. The highest BCUT2D eigenvalue weighted by molar-refractivity contribution is 5.89. The summed E-state index contributed by atoms with van der Waals surface area (Å²) in [6.45, 7) is 9.53. The molecular weight excluding hydrogens is 290 g/mol. The molecule has 134 valence electrons. The van der Waals surface area contributed by atoms with Crippen molar-refractivity contribution in [3.05, 3.63) is 12.7 Å². The van der Waals surface area contributed by atoms with Crippen molar-refractivity contribution >= 4 is 11.9 Å². The number of hydrogen-bond donors (Lipinski definition) is 1. The summed E-state index contributed by atoms with van der Waals surface area (Å²) < 4.78 is 5.43. The molecule has 0 saturated heterocycles. The van der Waals surface area contributed by atoms with E-state index in [2.05, 4.69) is 13.5 Å². The minimum absolute atomic E-state index is 0.0838. The first-order valence-corrected chi connectivity index (χ1v) is 9.09. The molecule has 0 rings (SSSR count). The van der Waals surface area contributed by atoms with Crippen LogP contribution in [0.5, 0.6) is 0 Å². The van der Waals surface area contributed by atoms with Crippen LogP contribution in [0.2, 0.25) is 0 Å². The number of nitrogens with two attached hydrogens (primary N) is 1. The summed E-state index contributed by atoms with van der Waals surface area (Å²) in [6.07, 6.45) is 11.6. The first-order chi connectivity index (χ1) is 10.9. The molecule has 0 fully saturated rings. The van der Waals surface area contributed by atoms with Crippen LogP contribution < -0.4 is 5.73 Å². The van der Waals surface area contributed by atoms with Gasteiger partial charge in [-0.05, 0) is 12.8 Å². The molecule has 2 unspecified atom stereocenters. The summed E-state index contributed by atoms with van der Waals surface area (Å²) in [5, 5.41) is 0. The lowest BCUT2D eigenvalue weighted by molar-refractivity contribution is -0.170. The average Bonchev–Trinajstić information content (AvgIpc) is 2.52. The highest BCUT2D eigenvalue weighted by atomic mass is 16.6. The second-order valence-corrected chi connectivity index (χ2v) is 6.44. The van der Waals surface area contributed by atoms with Gasteiger partial charge in [0.2, 0.25) is 0 Å². The molecule has 0 aliphatic rings. The van der Waals surface area contributed by atoms with Gasteiger partial charge in [-0.2, -0.15) is 0 Å². The Morgan fingerprint density at radius 3 is 2.13 bits per heavy atom. The Labute approximate surface area is 141 Å². The molecule has 0 bridgehead atoms. The topological polar surface area (TPSA) is 69.4 Å². The van der Waals surface area contributed by atoms with Crippen LogP contribution in [-0.2, 0) is 14.3 Å². The molecule has 0 aliphatic heterocycles. The summed E-state index contributed by atoms with van der Waals surface area (Å²) in [4.78, 5) is 23.7. The van der Waals surface area contributed by atoms with Crippen LogP contribution in [0.3, 0.4) is 0 Å². The standard InChI is InChI=1S/C19H35NO3/c1-5-8-9-10-11-12-13-14-16(4)19(15-6-2,18(20)22)23-17(21)7-3/h7,16H,3,5-6,8-15H2,1-2,4H3,(H2,20,22). The lowest BCUT2D eigenvalue weighted by Crippen LogP contribution is -2.52. The van der Waals surface area contributed by atoms with Gasteiger partial charge >= 0.3 is 5.97 Å². The van der Waals surface area contributed by atoms with Crippen LogP contribution in [-0.4, -0.2) is 17.5 Å². The van der Waals surface area contributed by atoms with Crippen LogP contribution in [0.15, 0.2) is 12.7 Å². The average molecular weight is 325 g/mol. The van der Waals surface area contributed by atoms with Crippen molar-refractivity contribution in [2.75, 3.05) is 0 Å². The number of amides is 1. The summed E-state index contributed by atoms with van der Waals surface area (Å²) in [5.41, 5.74) is 4.39. The second kappa shape index (κ2) is 12.1. The van der Waals surface area contributed by atoms with Gasteiger partial charge in [-0.1, -0.05) is 78.7 Å². The van der Waals surface area contributed by atoms with E-state index in [-0.39, 0.29) is 5.92 Å². The van der Waals surface area contributed by atoms with Crippen LogP contribution in [0, 0.1) is 5.92 Å². The van der Waals surface area contributed by atoms with Crippen molar-refractivity contribution in [2.24, 2.45) is 11.7 Å². The van der Waals surface area contributed by atoms with E-state index in [0.717, 1.165) is 31.8 Å². The molecule has 0 heterocycles. The van der Waals surface area contributed by atoms with Gasteiger partial charge in [0.25, 0.3) is 5.91 Å². The maximum atomic E-state index is 12.0. The first kappa shape index (κ1) is 21.7. The molecule has 0 aromatic carbocycles. The highest BCUT2D eigenvalue weighted by Gasteiger charge is 2.44. The molecule has 2 atom stereocenters. The number of ether oxygens (including phenoxy) is 1. The number of carbonyl (C=O) groups is 2. The lowest BCUT2D eigenvalue weighted by Gasteiger charge is -2.35. The van der Waals surface area contributed by atoms with E-state index in [0.29, 0.717) is 6.42 Å². The van der Waals surface area contributed by atoms with Crippen molar-refractivity contribution in [3.63, 3.8) is 0 Å². The summed E-state index contributed by atoms with van der Waals surface area (Å²) >= 11 is 0. The Morgan fingerprint density at radius 2 is 1.65 bits per heavy atom. The third-order valence-electron chi connectivity index (χ3n) is 4.52. The van der Waals surface area contributed by atoms with Gasteiger partial charge < -0.3 is 10.5 Å². The fourth-order valence-corrected chi connectivity index (χ4v) is 3.05. The zero-order valence-corrected chi connectivity index (χ0v) is 15.2. The van der Waals surface area contributed by atoms with Crippen LogP contribution in [0.1, 0.15) is 85.0 Å². The largest absolute Gasteiger partial charge is 0.446 e. The van der Waals surface area contributed by atoms with E-state index in [1.54, 1.807) is 0 Å². The third-order valence-corrected chi connectivity index (χ3v) is 4.52. The van der Waals surface area contributed by atoms with Gasteiger partial charge in [-0.15, -0.1) is 0 Å². The smallest absolute Gasteiger partial charge is 0.331 e. The quantitative estimate of drug-likeness (QED) is 0.290. The van der Waals surface area contributed by atoms with Crippen LogP contribution in [0.4, 0.5) is 0 Å². The van der Waals surface area contributed by atoms with Gasteiger partial charge in [0.15, 0.2) is 5.60 Å². The van der Waals surface area contributed by atoms with Crippen molar-refractivity contribution in [1.29, 1.82) is 0 Å². The van der Waals surface area contributed by atoms with Crippen molar-refractivity contribution in [2.45, 2.75) is 90.6 Å². The third kappa shape index (κ3) is 7.67. The van der Waals surface area contributed by atoms with E-state index in [1.165, 1.54) is 32.1 Å². The van der Waals surface area contributed by atoms with E-state index < -0.39 is 17.5 Å². The molecular formula is C19H35NO3. The molecule has 1 amide bonds. The van der Waals surface area contributed by atoms with Gasteiger partial charge in [0.05, 0.1) is 0 Å². The number of unbranched alkanes of at least 4 members (excludes halogenated alkanes) is 6.